The molecule has 2 aromatic rings. The fraction of sp³-hybridized carbons (Fsp3) is 0.143. The molecule has 116 valence electrons. The molecule has 2 rings (SSSR count). The summed E-state index contributed by atoms with van der Waals surface area (Å²) in [6, 6.07) is 5.14. The van der Waals surface area contributed by atoms with Crippen LogP contribution in [0.25, 0.3) is 0 Å². The van der Waals surface area contributed by atoms with Crippen molar-refractivity contribution in [2.75, 3.05) is 11.9 Å². The van der Waals surface area contributed by atoms with Crippen LogP contribution >= 0.6 is 11.6 Å². The number of aromatic amines is 1. The molecule has 0 aliphatic carbocycles. The van der Waals surface area contributed by atoms with Gasteiger partial charge in [0, 0.05) is 19.3 Å². The summed E-state index contributed by atoms with van der Waals surface area (Å²) in [5.74, 6) is -0.600. The van der Waals surface area contributed by atoms with E-state index in [4.69, 9.17) is 11.6 Å². The number of pyridine rings is 1. The molecule has 0 saturated heterocycles. The summed E-state index contributed by atoms with van der Waals surface area (Å²) >= 11 is 5.88. The van der Waals surface area contributed by atoms with E-state index >= 15 is 0 Å². The third-order valence-electron chi connectivity index (χ3n) is 2.97. The van der Waals surface area contributed by atoms with Gasteiger partial charge in [-0.05, 0) is 24.3 Å². The summed E-state index contributed by atoms with van der Waals surface area (Å²) in [6.07, 6.45) is -3.36. The molecule has 1 amide bonds. The molecule has 4 nitrogen and oxygen atoms in total. The third-order valence-corrected chi connectivity index (χ3v) is 3.29. The standard InChI is InChI=1S/C14H10ClF3N2O2/c1-20(13(22)8-2-5-12(21)19-7-8)11-6-9(14(16,17)18)3-4-10(11)15/h2-7H,1H3,(H,19,21). The maximum absolute atomic E-state index is 12.7. The number of hydrogen-bond acceptors (Lipinski definition) is 2. The molecule has 0 fully saturated rings. The van der Waals surface area contributed by atoms with Crippen LogP contribution in [0.4, 0.5) is 18.9 Å². The largest absolute Gasteiger partial charge is 0.416 e. The smallest absolute Gasteiger partial charge is 0.328 e. The molecule has 0 spiro atoms. The van der Waals surface area contributed by atoms with E-state index in [1.165, 1.54) is 19.3 Å². The van der Waals surface area contributed by atoms with Crippen LogP contribution in [0.15, 0.2) is 41.3 Å². The molecule has 1 N–H and O–H groups in total. The first-order chi connectivity index (χ1) is 10.2. The summed E-state index contributed by atoms with van der Waals surface area (Å²) in [6.45, 7) is 0. The number of carbonyl (C=O) groups is 1. The molecule has 0 aliphatic rings. The number of hydrogen-bond donors (Lipinski definition) is 1. The number of nitrogens with zero attached hydrogens (tertiary/aromatic N) is 1. The minimum absolute atomic E-state index is 0.00766. The number of H-pyrrole nitrogens is 1. The Morgan fingerprint density at radius 2 is 1.91 bits per heavy atom. The molecular weight excluding hydrogens is 321 g/mol. The third kappa shape index (κ3) is 3.30. The number of benzene rings is 1. The predicted molar refractivity (Wildman–Crippen MR) is 76.3 cm³/mol. The van der Waals surface area contributed by atoms with Crippen molar-refractivity contribution in [2.45, 2.75) is 6.18 Å². The molecule has 8 heteroatoms. The van der Waals surface area contributed by atoms with Crippen LogP contribution < -0.4 is 10.5 Å². The van der Waals surface area contributed by atoms with Gasteiger partial charge in [0.25, 0.3) is 5.91 Å². The number of alkyl halides is 3. The van der Waals surface area contributed by atoms with Gasteiger partial charge in [0.1, 0.15) is 0 Å². The summed E-state index contributed by atoms with van der Waals surface area (Å²) in [4.78, 5) is 26.5. The zero-order chi connectivity index (χ0) is 16.5. The van der Waals surface area contributed by atoms with Gasteiger partial charge in [-0.15, -0.1) is 0 Å². The quantitative estimate of drug-likeness (QED) is 0.918. The Morgan fingerprint density at radius 1 is 1.23 bits per heavy atom. The minimum Gasteiger partial charge on any atom is -0.328 e. The van der Waals surface area contributed by atoms with Gasteiger partial charge in [-0.2, -0.15) is 13.2 Å². The first-order valence-corrected chi connectivity index (χ1v) is 6.41. The van der Waals surface area contributed by atoms with Gasteiger partial charge < -0.3 is 9.88 Å². The van der Waals surface area contributed by atoms with E-state index in [1.54, 1.807) is 0 Å². The SMILES string of the molecule is CN(C(=O)c1ccc(=O)[nH]c1)c1cc(C(F)(F)F)ccc1Cl. The molecule has 1 aromatic heterocycles. The van der Waals surface area contributed by atoms with Crippen LogP contribution in [0.2, 0.25) is 5.02 Å². The number of halogens is 4. The van der Waals surface area contributed by atoms with Crippen LogP contribution in [0.5, 0.6) is 0 Å². The lowest BCUT2D eigenvalue weighted by molar-refractivity contribution is -0.137. The Morgan fingerprint density at radius 3 is 2.45 bits per heavy atom. The van der Waals surface area contributed by atoms with Crippen molar-refractivity contribution in [3.05, 3.63) is 63.0 Å². The van der Waals surface area contributed by atoms with E-state index in [9.17, 15) is 22.8 Å². The molecule has 1 heterocycles. The van der Waals surface area contributed by atoms with E-state index in [-0.39, 0.29) is 16.3 Å². The number of carbonyl (C=O) groups excluding carboxylic acids is 1. The van der Waals surface area contributed by atoms with E-state index in [1.807, 2.05) is 0 Å². The van der Waals surface area contributed by atoms with Crippen molar-refractivity contribution in [3.63, 3.8) is 0 Å². The van der Waals surface area contributed by atoms with Crippen molar-refractivity contribution >= 4 is 23.2 Å². The predicted octanol–water partition coefficient (Wildman–Crippen LogP) is 3.32. The average Bonchev–Trinajstić information content (AvgIpc) is 2.46. The first kappa shape index (κ1) is 16.1. The first-order valence-electron chi connectivity index (χ1n) is 6.03. The van der Waals surface area contributed by atoms with Gasteiger partial charge in [-0.3, -0.25) is 9.59 Å². The fourth-order valence-corrected chi connectivity index (χ4v) is 2.04. The summed E-state index contributed by atoms with van der Waals surface area (Å²) in [7, 11) is 1.30. The second-order valence-electron chi connectivity index (χ2n) is 4.47. The second-order valence-corrected chi connectivity index (χ2v) is 4.88. The second kappa shape index (κ2) is 5.84. The number of anilines is 1. The van der Waals surface area contributed by atoms with Crippen molar-refractivity contribution in [1.29, 1.82) is 0 Å². The molecule has 22 heavy (non-hydrogen) atoms. The summed E-state index contributed by atoms with van der Waals surface area (Å²) in [5.41, 5.74) is -1.26. The highest BCUT2D eigenvalue weighted by atomic mass is 35.5. The highest BCUT2D eigenvalue weighted by Gasteiger charge is 2.31. The average molecular weight is 331 g/mol. The molecule has 0 radical (unpaired) electrons. The molecule has 0 aliphatic heterocycles. The van der Waals surface area contributed by atoms with Crippen LogP contribution in [-0.2, 0) is 6.18 Å². The topological polar surface area (TPSA) is 53.2 Å². The maximum atomic E-state index is 12.7. The van der Waals surface area contributed by atoms with Gasteiger partial charge in [-0.25, -0.2) is 0 Å². The zero-order valence-corrected chi connectivity index (χ0v) is 12.0. The Bertz CT molecular complexity index is 751. The van der Waals surface area contributed by atoms with E-state index in [2.05, 4.69) is 4.98 Å². The molecule has 0 bridgehead atoms. The van der Waals surface area contributed by atoms with E-state index in [0.717, 1.165) is 29.2 Å². The number of aromatic nitrogens is 1. The molecule has 1 aromatic carbocycles. The van der Waals surface area contributed by atoms with Crippen molar-refractivity contribution < 1.29 is 18.0 Å². The molecule has 0 unspecified atom stereocenters. The van der Waals surface area contributed by atoms with Crippen molar-refractivity contribution in [1.82, 2.24) is 4.98 Å². The number of nitrogens with one attached hydrogen (secondary N) is 1. The summed E-state index contributed by atoms with van der Waals surface area (Å²) in [5, 5.41) is 0.00766. The minimum atomic E-state index is -4.54. The summed E-state index contributed by atoms with van der Waals surface area (Å²) < 4.78 is 38.2. The van der Waals surface area contributed by atoms with E-state index < -0.39 is 23.2 Å². The van der Waals surface area contributed by atoms with Crippen LogP contribution in [0.3, 0.4) is 0 Å². The van der Waals surface area contributed by atoms with E-state index in [0.29, 0.717) is 0 Å². The molecule has 0 atom stereocenters. The lowest BCUT2D eigenvalue weighted by Crippen LogP contribution is -2.27. The number of amides is 1. The monoisotopic (exact) mass is 330 g/mol. The van der Waals surface area contributed by atoms with Crippen molar-refractivity contribution in [2.24, 2.45) is 0 Å². The van der Waals surface area contributed by atoms with Gasteiger partial charge >= 0.3 is 6.18 Å². The highest BCUT2D eigenvalue weighted by molar-refractivity contribution is 6.34. The zero-order valence-electron chi connectivity index (χ0n) is 11.2. The van der Waals surface area contributed by atoms with Crippen LogP contribution in [-0.4, -0.2) is 17.9 Å². The van der Waals surface area contributed by atoms with Gasteiger partial charge in [-0.1, -0.05) is 11.6 Å². The Labute approximate surface area is 128 Å². The molecular formula is C14H10ClF3N2O2. The fourth-order valence-electron chi connectivity index (χ4n) is 1.79. The van der Waals surface area contributed by atoms with Crippen LogP contribution in [0.1, 0.15) is 15.9 Å². The lowest BCUT2D eigenvalue weighted by Gasteiger charge is -2.20. The Hall–Kier alpha value is -2.28. The number of rotatable bonds is 2. The maximum Gasteiger partial charge on any atom is 0.416 e. The Balaban J connectivity index is 2.40. The Kier molecular flexibility index (Phi) is 4.27. The highest BCUT2D eigenvalue weighted by Crippen LogP contribution is 2.35. The normalized spacial score (nSPS) is 11.3. The van der Waals surface area contributed by atoms with Gasteiger partial charge in [0.2, 0.25) is 5.56 Å². The van der Waals surface area contributed by atoms with Gasteiger partial charge in [0.15, 0.2) is 0 Å². The molecule has 0 saturated carbocycles. The van der Waals surface area contributed by atoms with Crippen LogP contribution in [0, 0.1) is 0 Å². The lowest BCUT2D eigenvalue weighted by atomic mass is 10.1. The van der Waals surface area contributed by atoms with Crippen molar-refractivity contribution in [3.8, 4) is 0 Å². The van der Waals surface area contributed by atoms with Gasteiger partial charge in [0.05, 0.1) is 21.8 Å².